The highest BCUT2D eigenvalue weighted by atomic mass is 35.5. The molecule has 1 aliphatic rings. The Hall–Kier alpha value is -1.15. The molecule has 6 nitrogen and oxygen atoms in total. The minimum Gasteiger partial charge on any atom is -0.340 e. The van der Waals surface area contributed by atoms with Crippen molar-refractivity contribution in [3.63, 3.8) is 0 Å². The van der Waals surface area contributed by atoms with Gasteiger partial charge in [0.25, 0.3) is 10.2 Å². The molecule has 0 aliphatic carbocycles. The van der Waals surface area contributed by atoms with E-state index < -0.39 is 10.2 Å². The van der Waals surface area contributed by atoms with Gasteiger partial charge in [0.05, 0.1) is 0 Å². The Morgan fingerprint density at radius 1 is 1.21 bits per heavy atom. The van der Waals surface area contributed by atoms with Crippen molar-refractivity contribution in [3.05, 3.63) is 34.3 Å². The summed E-state index contributed by atoms with van der Waals surface area (Å²) in [5.41, 5.74) is 2.05. The molecule has 0 atom stereocenters. The summed E-state index contributed by atoms with van der Waals surface area (Å²) in [6.07, 6.45) is 1.04. The number of aryl methyl sites for hydroxylation is 2. The van der Waals surface area contributed by atoms with Gasteiger partial charge in [-0.25, -0.2) is 0 Å². The van der Waals surface area contributed by atoms with Crippen LogP contribution in [0.15, 0.2) is 18.2 Å². The molecule has 1 fully saturated rings. The van der Waals surface area contributed by atoms with E-state index >= 15 is 0 Å². The monoisotopic (exact) mass is 373 g/mol. The lowest BCUT2D eigenvalue weighted by Crippen LogP contribution is -2.53. The summed E-state index contributed by atoms with van der Waals surface area (Å²) in [4.78, 5) is 14.1. The van der Waals surface area contributed by atoms with E-state index in [1.807, 2.05) is 25.1 Å². The Bertz CT molecular complexity index is 699. The molecule has 2 rings (SSSR count). The molecule has 8 heteroatoms. The van der Waals surface area contributed by atoms with Gasteiger partial charge in [0, 0.05) is 51.7 Å². The number of amides is 1. The number of halogens is 1. The van der Waals surface area contributed by atoms with Gasteiger partial charge < -0.3 is 4.90 Å². The van der Waals surface area contributed by atoms with E-state index in [0.717, 1.165) is 11.1 Å². The van der Waals surface area contributed by atoms with E-state index in [0.29, 0.717) is 44.0 Å². The first-order valence-electron chi connectivity index (χ1n) is 7.92. The molecule has 134 valence electrons. The number of piperazine rings is 1. The molecule has 1 aliphatic heterocycles. The Balaban J connectivity index is 1.86. The third kappa shape index (κ3) is 4.47. The van der Waals surface area contributed by atoms with Gasteiger partial charge in [-0.2, -0.15) is 17.0 Å². The Kier molecular flexibility index (Phi) is 6.25. The molecule has 0 N–H and O–H groups in total. The van der Waals surface area contributed by atoms with Crippen LogP contribution < -0.4 is 0 Å². The van der Waals surface area contributed by atoms with E-state index in [2.05, 4.69) is 0 Å². The maximum absolute atomic E-state index is 12.3. The topological polar surface area (TPSA) is 60.9 Å². The van der Waals surface area contributed by atoms with Gasteiger partial charge in [0.1, 0.15) is 0 Å². The van der Waals surface area contributed by atoms with Crippen LogP contribution in [0.5, 0.6) is 0 Å². The van der Waals surface area contributed by atoms with E-state index in [-0.39, 0.29) is 5.91 Å². The summed E-state index contributed by atoms with van der Waals surface area (Å²) in [6.45, 7) is 3.48. The smallest absolute Gasteiger partial charge is 0.281 e. The Labute approximate surface area is 149 Å². The lowest BCUT2D eigenvalue weighted by atomic mass is 10.1. The zero-order chi connectivity index (χ0) is 17.9. The van der Waals surface area contributed by atoms with Crippen molar-refractivity contribution in [3.8, 4) is 0 Å². The van der Waals surface area contributed by atoms with Crippen LogP contribution in [0, 0.1) is 6.92 Å². The summed E-state index contributed by atoms with van der Waals surface area (Å²) in [7, 11) is -0.372. The van der Waals surface area contributed by atoms with Crippen LogP contribution in [0.25, 0.3) is 0 Å². The van der Waals surface area contributed by atoms with Gasteiger partial charge in [-0.05, 0) is 30.5 Å². The fraction of sp³-hybridized carbons (Fsp3) is 0.562. The minimum absolute atomic E-state index is 0.0496. The Morgan fingerprint density at radius 2 is 1.83 bits per heavy atom. The summed E-state index contributed by atoms with van der Waals surface area (Å²) >= 11 is 6.10. The zero-order valence-electron chi connectivity index (χ0n) is 14.3. The number of carbonyl (C=O) groups excluding carboxylic acids is 1. The predicted octanol–water partition coefficient (Wildman–Crippen LogP) is 1.53. The highest BCUT2D eigenvalue weighted by Gasteiger charge is 2.29. The third-order valence-electron chi connectivity index (χ3n) is 4.24. The molecule has 0 aromatic heterocycles. The summed E-state index contributed by atoms with van der Waals surface area (Å²) in [5.74, 6) is 0.0496. The van der Waals surface area contributed by atoms with Crippen LogP contribution in [-0.2, 0) is 21.4 Å². The fourth-order valence-electron chi connectivity index (χ4n) is 2.60. The van der Waals surface area contributed by atoms with Crippen LogP contribution in [0.2, 0.25) is 5.02 Å². The maximum Gasteiger partial charge on any atom is 0.281 e. The van der Waals surface area contributed by atoms with E-state index in [1.54, 1.807) is 4.90 Å². The first kappa shape index (κ1) is 19.2. The normalized spacial score (nSPS) is 16.6. The zero-order valence-corrected chi connectivity index (χ0v) is 15.9. The van der Waals surface area contributed by atoms with Crippen molar-refractivity contribution in [2.75, 3.05) is 40.3 Å². The van der Waals surface area contributed by atoms with Crippen molar-refractivity contribution in [1.29, 1.82) is 0 Å². The van der Waals surface area contributed by atoms with Crippen LogP contribution in [0.1, 0.15) is 17.5 Å². The second-order valence-corrected chi connectivity index (χ2v) is 8.70. The summed E-state index contributed by atoms with van der Waals surface area (Å²) in [5, 5.41) is 0.711. The van der Waals surface area contributed by atoms with Gasteiger partial charge in [-0.15, -0.1) is 0 Å². The third-order valence-corrected chi connectivity index (χ3v) is 6.59. The molecule has 0 unspecified atom stereocenters. The van der Waals surface area contributed by atoms with Gasteiger partial charge in [-0.1, -0.05) is 23.7 Å². The lowest BCUT2D eigenvalue weighted by Gasteiger charge is -2.35. The number of carbonyl (C=O) groups is 1. The molecule has 0 spiro atoms. The van der Waals surface area contributed by atoms with Crippen molar-refractivity contribution in [2.24, 2.45) is 0 Å². The van der Waals surface area contributed by atoms with Crippen molar-refractivity contribution in [1.82, 2.24) is 13.5 Å². The van der Waals surface area contributed by atoms with E-state index in [9.17, 15) is 13.2 Å². The van der Waals surface area contributed by atoms with Crippen LogP contribution in [0.4, 0.5) is 0 Å². The number of hydrogen-bond acceptors (Lipinski definition) is 3. The van der Waals surface area contributed by atoms with Crippen LogP contribution in [-0.4, -0.2) is 68.1 Å². The molecule has 1 amide bonds. The first-order chi connectivity index (χ1) is 11.2. The maximum atomic E-state index is 12.3. The predicted molar refractivity (Wildman–Crippen MR) is 95.3 cm³/mol. The van der Waals surface area contributed by atoms with Crippen LogP contribution in [0.3, 0.4) is 0 Å². The molecule has 1 aromatic carbocycles. The molecule has 0 radical (unpaired) electrons. The average molecular weight is 374 g/mol. The van der Waals surface area contributed by atoms with E-state index in [4.69, 9.17) is 11.6 Å². The minimum atomic E-state index is -3.40. The number of nitrogens with zero attached hydrogens (tertiary/aromatic N) is 3. The van der Waals surface area contributed by atoms with Gasteiger partial charge in [0.2, 0.25) is 5.91 Å². The fourth-order valence-corrected chi connectivity index (χ4v) is 3.89. The summed E-state index contributed by atoms with van der Waals surface area (Å²) in [6, 6.07) is 5.83. The number of hydrogen-bond donors (Lipinski definition) is 0. The second kappa shape index (κ2) is 7.82. The lowest BCUT2D eigenvalue weighted by molar-refractivity contribution is -0.132. The second-order valence-electron chi connectivity index (χ2n) is 6.15. The molecule has 1 aromatic rings. The molecule has 0 bridgehead atoms. The number of rotatable bonds is 5. The highest BCUT2D eigenvalue weighted by Crippen LogP contribution is 2.18. The quantitative estimate of drug-likeness (QED) is 0.786. The molecular weight excluding hydrogens is 350 g/mol. The van der Waals surface area contributed by atoms with Gasteiger partial charge in [0.15, 0.2) is 0 Å². The number of benzene rings is 1. The summed E-state index contributed by atoms with van der Waals surface area (Å²) < 4.78 is 26.7. The molecule has 1 heterocycles. The van der Waals surface area contributed by atoms with Gasteiger partial charge in [-0.3, -0.25) is 4.79 Å². The molecular formula is C16H24ClN3O3S. The van der Waals surface area contributed by atoms with Gasteiger partial charge >= 0.3 is 0 Å². The average Bonchev–Trinajstić information content (AvgIpc) is 2.55. The highest BCUT2D eigenvalue weighted by molar-refractivity contribution is 7.86. The largest absolute Gasteiger partial charge is 0.340 e. The van der Waals surface area contributed by atoms with E-state index in [1.165, 1.54) is 22.7 Å². The van der Waals surface area contributed by atoms with Crippen LogP contribution >= 0.6 is 11.6 Å². The standard InChI is InChI=1S/C16H24ClN3O3S/c1-13-4-5-14(12-15(13)17)6-7-16(21)19-8-10-20(11-9-19)24(22,23)18(2)3/h4-5,12H,6-11H2,1-3H3. The van der Waals surface area contributed by atoms with Crippen molar-refractivity contribution < 1.29 is 13.2 Å². The SMILES string of the molecule is Cc1ccc(CCC(=O)N2CCN(S(=O)(=O)N(C)C)CC2)cc1Cl. The van der Waals surface area contributed by atoms with Crippen molar-refractivity contribution >= 4 is 27.7 Å². The Morgan fingerprint density at radius 3 is 2.38 bits per heavy atom. The molecule has 1 saturated heterocycles. The van der Waals surface area contributed by atoms with Crippen molar-refractivity contribution in [2.45, 2.75) is 19.8 Å². The molecule has 24 heavy (non-hydrogen) atoms. The first-order valence-corrected chi connectivity index (χ1v) is 9.69. The molecule has 0 saturated carbocycles.